The average molecular weight is 530 g/mol. The molecule has 4 aromatic rings. The Labute approximate surface area is 213 Å². The van der Waals surface area contributed by atoms with E-state index < -0.39 is 35.3 Å². The lowest BCUT2D eigenvalue weighted by Gasteiger charge is -2.36. The second-order valence-electron chi connectivity index (χ2n) is 8.39. The van der Waals surface area contributed by atoms with Crippen molar-refractivity contribution in [2.45, 2.75) is 24.5 Å². The van der Waals surface area contributed by atoms with Gasteiger partial charge in [-0.05, 0) is 59.7 Å². The monoisotopic (exact) mass is 530 g/mol. The van der Waals surface area contributed by atoms with E-state index in [1.165, 1.54) is 18.3 Å². The van der Waals surface area contributed by atoms with Gasteiger partial charge in [0.25, 0.3) is 5.91 Å². The van der Waals surface area contributed by atoms with Gasteiger partial charge in [-0.2, -0.15) is 13.2 Å². The van der Waals surface area contributed by atoms with Crippen LogP contribution in [0.25, 0.3) is 0 Å². The molecule has 0 saturated heterocycles. The van der Waals surface area contributed by atoms with Gasteiger partial charge in [-0.25, -0.2) is 0 Å². The van der Waals surface area contributed by atoms with E-state index in [1.807, 2.05) is 0 Å². The molecular weight excluding hydrogens is 510 g/mol. The van der Waals surface area contributed by atoms with Crippen LogP contribution in [0.1, 0.15) is 32.7 Å². The summed E-state index contributed by atoms with van der Waals surface area (Å²) in [4.78, 5) is 17.8. The molecule has 1 N–H and O–H groups in total. The summed E-state index contributed by atoms with van der Waals surface area (Å²) in [6.45, 7) is 0. The maximum atomic E-state index is 13.7. The smallest absolute Gasteiger partial charge is 0.406 e. The molecule has 0 saturated carbocycles. The van der Waals surface area contributed by atoms with E-state index in [-0.39, 0.29) is 23.2 Å². The summed E-state index contributed by atoms with van der Waals surface area (Å²) in [7, 11) is 0. The van der Waals surface area contributed by atoms with Gasteiger partial charge in [-0.1, -0.05) is 48.5 Å². The van der Waals surface area contributed by atoms with Crippen LogP contribution in [0.4, 0.5) is 26.3 Å². The summed E-state index contributed by atoms with van der Waals surface area (Å²) < 4.78 is 82.5. The number of carbonyl (C=O) groups excluding carboxylic acids is 1. The average Bonchev–Trinajstić information content (AvgIpc) is 2.88. The summed E-state index contributed by atoms with van der Waals surface area (Å²) in [6, 6.07) is 22.5. The van der Waals surface area contributed by atoms with Gasteiger partial charge in [0, 0.05) is 18.2 Å². The lowest BCUT2D eigenvalue weighted by Crippen LogP contribution is -2.49. The summed E-state index contributed by atoms with van der Waals surface area (Å²) in [5.74, 6) is -1.25. The van der Waals surface area contributed by atoms with Gasteiger partial charge < -0.3 is 10.1 Å². The van der Waals surface area contributed by atoms with Gasteiger partial charge in [0.15, 0.2) is 0 Å². The molecule has 0 aliphatic heterocycles. The minimum atomic E-state index is -4.91. The largest absolute Gasteiger partial charge is 0.573 e. The number of benzene rings is 3. The van der Waals surface area contributed by atoms with Gasteiger partial charge in [0.2, 0.25) is 0 Å². The highest BCUT2D eigenvalue weighted by Crippen LogP contribution is 2.37. The van der Waals surface area contributed by atoms with Gasteiger partial charge >= 0.3 is 12.5 Å². The first kappa shape index (κ1) is 26.7. The predicted octanol–water partition coefficient (Wildman–Crippen LogP) is 6.92. The Morgan fingerprint density at radius 1 is 0.763 bits per heavy atom. The molecule has 0 fully saturated rings. The highest BCUT2D eigenvalue weighted by molar-refractivity contribution is 5.95. The third-order valence-corrected chi connectivity index (χ3v) is 5.77. The fourth-order valence-corrected chi connectivity index (χ4v) is 4.07. The number of carbonyl (C=O) groups is 1. The molecule has 0 radical (unpaired) electrons. The lowest BCUT2D eigenvalue weighted by atomic mass is 9.79. The van der Waals surface area contributed by atoms with Crippen molar-refractivity contribution in [3.8, 4) is 5.75 Å². The summed E-state index contributed by atoms with van der Waals surface area (Å²) in [6.07, 6.45) is -8.06. The molecule has 4 nitrogen and oxygen atoms in total. The van der Waals surface area contributed by atoms with Crippen molar-refractivity contribution in [1.29, 1.82) is 0 Å². The Balaban J connectivity index is 1.83. The number of hydrogen-bond acceptors (Lipinski definition) is 3. The molecule has 4 rings (SSSR count). The number of alkyl halides is 6. The minimum Gasteiger partial charge on any atom is -0.406 e. The quantitative estimate of drug-likeness (QED) is 0.264. The Morgan fingerprint density at radius 3 is 2.03 bits per heavy atom. The zero-order chi connectivity index (χ0) is 27.4. The molecule has 1 amide bonds. The fourth-order valence-electron chi connectivity index (χ4n) is 4.07. The van der Waals surface area contributed by atoms with E-state index in [0.717, 1.165) is 36.4 Å². The van der Waals surface area contributed by atoms with Crippen LogP contribution in [0.2, 0.25) is 0 Å². The van der Waals surface area contributed by atoms with Crippen LogP contribution in [0.15, 0.2) is 103 Å². The van der Waals surface area contributed by atoms with E-state index in [2.05, 4.69) is 15.0 Å². The van der Waals surface area contributed by atoms with Gasteiger partial charge in [-0.15, -0.1) is 13.2 Å². The summed E-state index contributed by atoms with van der Waals surface area (Å²) in [5, 5.41) is 2.84. The number of halogens is 6. The van der Waals surface area contributed by atoms with Gasteiger partial charge in [-0.3, -0.25) is 9.78 Å². The van der Waals surface area contributed by atoms with Crippen LogP contribution in [-0.4, -0.2) is 17.3 Å². The number of pyridine rings is 1. The first-order valence-corrected chi connectivity index (χ1v) is 11.3. The van der Waals surface area contributed by atoms with Crippen molar-refractivity contribution in [2.24, 2.45) is 0 Å². The van der Waals surface area contributed by atoms with Gasteiger partial charge in [0.1, 0.15) is 11.3 Å². The highest BCUT2D eigenvalue weighted by atomic mass is 19.4. The fraction of sp³-hybridized carbons (Fsp3) is 0.143. The number of amides is 1. The molecule has 196 valence electrons. The van der Waals surface area contributed by atoms with Crippen LogP contribution in [0, 0.1) is 0 Å². The van der Waals surface area contributed by atoms with Crippen molar-refractivity contribution in [2.75, 3.05) is 0 Å². The molecule has 1 heterocycles. The SMILES string of the molecule is O=C(NC(Cc1ccccc1)(c1cccc(C(F)(F)F)c1)c1ccccn1)c1ccc(OC(F)(F)F)cc1. The second kappa shape index (κ2) is 10.6. The lowest BCUT2D eigenvalue weighted by molar-refractivity contribution is -0.274. The molecule has 0 bridgehead atoms. The van der Waals surface area contributed by atoms with Crippen LogP contribution < -0.4 is 10.1 Å². The highest BCUT2D eigenvalue weighted by Gasteiger charge is 2.40. The van der Waals surface area contributed by atoms with E-state index in [0.29, 0.717) is 5.56 Å². The molecule has 1 unspecified atom stereocenters. The number of ether oxygens (including phenoxy) is 1. The second-order valence-corrected chi connectivity index (χ2v) is 8.39. The molecule has 10 heteroatoms. The molecule has 1 atom stereocenters. The standard InChI is InChI=1S/C28H20F6N2O2/c29-27(30,31)22-10-6-9-21(17-22)26(24-11-4-5-16-35-24,18-19-7-2-1-3-8-19)36-25(37)20-12-14-23(15-13-20)38-28(32,33)34/h1-17H,18H2,(H,36,37). The van der Waals surface area contributed by atoms with Crippen LogP contribution in [-0.2, 0) is 18.1 Å². The van der Waals surface area contributed by atoms with Crippen molar-refractivity contribution in [3.05, 3.63) is 131 Å². The van der Waals surface area contributed by atoms with Crippen molar-refractivity contribution < 1.29 is 35.9 Å². The molecule has 3 aromatic carbocycles. The van der Waals surface area contributed by atoms with Gasteiger partial charge in [0.05, 0.1) is 11.3 Å². The van der Waals surface area contributed by atoms with Crippen LogP contribution in [0.3, 0.4) is 0 Å². The van der Waals surface area contributed by atoms with Crippen molar-refractivity contribution >= 4 is 5.91 Å². The Morgan fingerprint density at radius 2 is 1.42 bits per heavy atom. The zero-order valence-electron chi connectivity index (χ0n) is 19.6. The predicted molar refractivity (Wildman–Crippen MR) is 127 cm³/mol. The molecule has 1 aromatic heterocycles. The Hall–Kier alpha value is -4.34. The van der Waals surface area contributed by atoms with Crippen molar-refractivity contribution in [1.82, 2.24) is 10.3 Å². The molecule has 0 aliphatic rings. The number of nitrogens with one attached hydrogen (secondary N) is 1. The number of nitrogens with zero attached hydrogens (tertiary/aromatic N) is 1. The minimum absolute atomic E-state index is 0.0279. The maximum absolute atomic E-state index is 13.7. The summed E-state index contributed by atoms with van der Waals surface area (Å²) in [5.41, 5.74) is -1.41. The van der Waals surface area contributed by atoms with E-state index in [4.69, 9.17) is 0 Å². The summed E-state index contributed by atoms with van der Waals surface area (Å²) >= 11 is 0. The Kier molecular flexibility index (Phi) is 7.43. The Bertz CT molecular complexity index is 1370. The van der Waals surface area contributed by atoms with Crippen molar-refractivity contribution in [3.63, 3.8) is 0 Å². The normalized spacial score (nSPS) is 13.4. The number of aromatic nitrogens is 1. The van der Waals surface area contributed by atoms with E-state index in [9.17, 15) is 31.1 Å². The van der Waals surface area contributed by atoms with Crippen LogP contribution in [0.5, 0.6) is 5.75 Å². The first-order chi connectivity index (χ1) is 18.0. The van der Waals surface area contributed by atoms with E-state index >= 15 is 0 Å². The third-order valence-electron chi connectivity index (χ3n) is 5.77. The molecule has 38 heavy (non-hydrogen) atoms. The topological polar surface area (TPSA) is 51.2 Å². The zero-order valence-corrected chi connectivity index (χ0v) is 19.6. The number of rotatable bonds is 7. The van der Waals surface area contributed by atoms with Crippen LogP contribution >= 0.6 is 0 Å². The third kappa shape index (κ3) is 6.31. The first-order valence-electron chi connectivity index (χ1n) is 11.3. The maximum Gasteiger partial charge on any atom is 0.573 e. The molecule has 0 aliphatic carbocycles. The number of hydrogen-bond donors (Lipinski definition) is 1. The van der Waals surface area contributed by atoms with E-state index in [1.54, 1.807) is 48.5 Å². The molecule has 0 spiro atoms. The molecular formula is C28H20F6N2O2.